The van der Waals surface area contributed by atoms with Crippen LogP contribution in [0.3, 0.4) is 0 Å². The average molecular weight is 311 g/mol. The quantitative estimate of drug-likeness (QED) is 0.873. The van der Waals surface area contributed by atoms with Crippen molar-refractivity contribution in [2.24, 2.45) is 0 Å². The molecule has 4 nitrogen and oxygen atoms in total. The number of aryl methyl sites for hydroxylation is 1. The number of ether oxygens (including phenoxy) is 2. The molecule has 0 aliphatic rings. The van der Waals surface area contributed by atoms with Gasteiger partial charge in [-0.3, -0.25) is 0 Å². The Morgan fingerprint density at radius 2 is 1.89 bits per heavy atom. The summed E-state index contributed by atoms with van der Waals surface area (Å²) in [4.78, 5) is 0. The number of benzene rings is 1. The molecule has 5 heteroatoms. The monoisotopic (exact) mass is 310 g/mol. The highest BCUT2D eigenvalue weighted by atomic mass is 79.9. The molecule has 0 atom stereocenters. The van der Waals surface area contributed by atoms with Crippen molar-refractivity contribution >= 4 is 15.9 Å². The molecule has 1 heterocycles. The van der Waals surface area contributed by atoms with Gasteiger partial charge in [-0.15, -0.1) is 0 Å². The van der Waals surface area contributed by atoms with Gasteiger partial charge in [-0.25, -0.2) is 4.68 Å². The van der Waals surface area contributed by atoms with Crippen molar-refractivity contribution in [3.63, 3.8) is 0 Å². The highest BCUT2D eigenvalue weighted by Gasteiger charge is 2.14. The van der Waals surface area contributed by atoms with Crippen molar-refractivity contribution in [2.75, 3.05) is 14.2 Å². The normalized spacial score (nSPS) is 10.5. The van der Waals surface area contributed by atoms with Crippen molar-refractivity contribution in [1.29, 1.82) is 0 Å². The fourth-order valence-corrected chi connectivity index (χ4v) is 2.07. The summed E-state index contributed by atoms with van der Waals surface area (Å²) in [7, 11) is 3.27. The van der Waals surface area contributed by atoms with E-state index < -0.39 is 0 Å². The Bertz CT molecular complexity index is 579. The standard InChI is InChI=1S/C13H15BrN2O2/c1-8-13(14)9(2)16(15-8)11-6-5-10(17-3)7-12(11)18-4/h5-7H,1-4H3. The Morgan fingerprint density at radius 1 is 1.17 bits per heavy atom. The molecule has 0 aliphatic heterocycles. The Labute approximate surface area is 115 Å². The van der Waals surface area contributed by atoms with Crippen LogP contribution in [-0.4, -0.2) is 24.0 Å². The van der Waals surface area contributed by atoms with Gasteiger partial charge in [-0.2, -0.15) is 5.10 Å². The van der Waals surface area contributed by atoms with E-state index in [1.54, 1.807) is 14.2 Å². The molecule has 0 saturated heterocycles. The first-order valence-corrected chi connectivity index (χ1v) is 6.32. The lowest BCUT2D eigenvalue weighted by Crippen LogP contribution is -2.02. The third kappa shape index (κ3) is 2.10. The van der Waals surface area contributed by atoms with Crippen molar-refractivity contribution < 1.29 is 9.47 Å². The summed E-state index contributed by atoms with van der Waals surface area (Å²) >= 11 is 3.52. The molecule has 1 aromatic carbocycles. The van der Waals surface area contributed by atoms with Crippen LogP contribution in [0.5, 0.6) is 11.5 Å². The largest absolute Gasteiger partial charge is 0.497 e. The Morgan fingerprint density at radius 3 is 2.39 bits per heavy atom. The summed E-state index contributed by atoms with van der Waals surface area (Å²) in [5.74, 6) is 1.49. The average Bonchev–Trinajstić information content (AvgIpc) is 2.65. The molecular weight excluding hydrogens is 296 g/mol. The van der Waals surface area contributed by atoms with E-state index in [0.717, 1.165) is 33.0 Å². The fourth-order valence-electron chi connectivity index (χ4n) is 1.82. The highest BCUT2D eigenvalue weighted by molar-refractivity contribution is 9.10. The number of hydrogen-bond donors (Lipinski definition) is 0. The van der Waals surface area contributed by atoms with Gasteiger partial charge in [0.1, 0.15) is 17.2 Å². The number of aromatic nitrogens is 2. The predicted molar refractivity (Wildman–Crippen MR) is 73.8 cm³/mol. The van der Waals surface area contributed by atoms with E-state index in [4.69, 9.17) is 9.47 Å². The van der Waals surface area contributed by atoms with Crippen LogP contribution in [0.1, 0.15) is 11.4 Å². The smallest absolute Gasteiger partial charge is 0.148 e. The Hall–Kier alpha value is -1.49. The highest BCUT2D eigenvalue weighted by Crippen LogP contribution is 2.30. The van der Waals surface area contributed by atoms with Crippen LogP contribution in [-0.2, 0) is 0 Å². The molecule has 2 aromatic rings. The predicted octanol–water partition coefficient (Wildman–Crippen LogP) is 3.27. The zero-order valence-corrected chi connectivity index (χ0v) is 12.4. The van der Waals surface area contributed by atoms with E-state index in [0.29, 0.717) is 0 Å². The summed E-state index contributed by atoms with van der Waals surface area (Å²) in [6, 6.07) is 5.67. The lowest BCUT2D eigenvalue weighted by molar-refractivity contribution is 0.392. The topological polar surface area (TPSA) is 36.3 Å². The van der Waals surface area contributed by atoms with Gasteiger partial charge < -0.3 is 9.47 Å². The summed E-state index contributed by atoms with van der Waals surface area (Å²) in [6.45, 7) is 3.97. The second-order valence-corrected chi connectivity index (χ2v) is 4.73. The fraction of sp³-hybridized carbons (Fsp3) is 0.308. The van der Waals surface area contributed by atoms with E-state index in [9.17, 15) is 0 Å². The van der Waals surface area contributed by atoms with Crippen LogP contribution in [0.25, 0.3) is 5.69 Å². The van der Waals surface area contributed by atoms with Gasteiger partial charge in [0.2, 0.25) is 0 Å². The molecule has 0 unspecified atom stereocenters. The van der Waals surface area contributed by atoms with Gasteiger partial charge in [-0.05, 0) is 41.9 Å². The maximum atomic E-state index is 5.39. The first-order chi connectivity index (χ1) is 8.58. The Balaban J connectivity index is 2.59. The first kappa shape index (κ1) is 13.0. The number of methoxy groups -OCH3 is 2. The number of nitrogens with zero attached hydrogens (tertiary/aromatic N) is 2. The second-order valence-electron chi connectivity index (χ2n) is 3.93. The molecular formula is C13H15BrN2O2. The number of halogens is 1. The zero-order valence-electron chi connectivity index (χ0n) is 10.8. The van der Waals surface area contributed by atoms with Gasteiger partial charge >= 0.3 is 0 Å². The maximum Gasteiger partial charge on any atom is 0.148 e. The van der Waals surface area contributed by atoms with E-state index in [1.165, 1.54) is 0 Å². The molecule has 0 spiro atoms. The lowest BCUT2D eigenvalue weighted by Gasteiger charge is -2.11. The lowest BCUT2D eigenvalue weighted by atomic mass is 10.2. The molecule has 0 saturated carbocycles. The summed E-state index contributed by atoms with van der Waals surface area (Å²) < 4.78 is 13.5. The number of hydrogen-bond acceptors (Lipinski definition) is 3. The third-order valence-corrected chi connectivity index (χ3v) is 3.97. The molecule has 96 valence electrons. The molecule has 0 radical (unpaired) electrons. The zero-order chi connectivity index (χ0) is 13.3. The van der Waals surface area contributed by atoms with Crippen LogP contribution in [0.2, 0.25) is 0 Å². The van der Waals surface area contributed by atoms with Crippen LogP contribution in [0.4, 0.5) is 0 Å². The summed E-state index contributed by atoms with van der Waals surface area (Å²) in [5, 5.41) is 4.49. The number of rotatable bonds is 3. The van der Waals surface area contributed by atoms with Crippen molar-refractivity contribution in [3.05, 3.63) is 34.1 Å². The van der Waals surface area contributed by atoms with Gasteiger partial charge in [0.15, 0.2) is 0 Å². The molecule has 1 aromatic heterocycles. The minimum Gasteiger partial charge on any atom is -0.497 e. The molecule has 0 N–H and O–H groups in total. The van der Waals surface area contributed by atoms with Gasteiger partial charge in [0.05, 0.1) is 30.1 Å². The second kappa shape index (κ2) is 5.02. The minimum absolute atomic E-state index is 0.729. The maximum absolute atomic E-state index is 5.39. The van der Waals surface area contributed by atoms with Crippen LogP contribution >= 0.6 is 15.9 Å². The molecule has 18 heavy (non-hydrogen) atoms. The summed E-state index contributed by atoms with van der Waals surface area (Å²) in [5.41, 5.74) is 2.88. The van der Waals surface area contributed by atoms with Crippen molar-refractivity contribution in [3.8, 4) is 17.2 Å². The SMILES string of the molecule is COc1ccc(-n2nc(C)c(Br)c2C)c(OC)c1. The van der Waals surface area contributed by atoms with Gasteiger partial charge in [-0.1, -0.05) is 0 Å². The molecule has 0 amide bonds. The van der Waals surface area contributed by atoms with E-state index >= 15 is 0 Å². The first-order valence-electron chi connectivity index (χ1n) is 5.52. The van der Waals surface area contributed by atoms with E-state index in [1.807, 2.05) is 36.7 Å². The summed E-state index contributed by atoms with van der Waals surface area (Å²) in [6.07, 6.45) is 0. The van der Waals surface area contributed by atoms with Crippen molar-refractivity contribution in [2.45, 2.75) is 13.8 Å². The van der Waals surface area contributed by atoms with Crippen LogP contribution in [0, 0.1) is 13.8 Å². The van der Waals surface area contributed by atoms with E-state index in [-0.39, 0.29) is 0 Å². The molecule has 0 bridgehead atoms. The Kier molecular flexibility index (Phi) is 3.61. The van der Waals surface area contributed by atoms with Crippen LogP contribution in [0.15, 0.2) is 22.7 Å². The third-order valence-electron chi connectivity index (χ3n) is 2.82. The molecule has 0 fully saturated rings. The molecule has 0 aliphatic carbocycles. The minimum atomic E-state index is 0.729. The van der Waals surface area contributed by atoms with Crippen LogP contribution < -0.4 is 9.47 Å². The van der Waals surface area contributed by atoms with Gasteiger partial charge in [0, 0.05) is 6.07 Å². The van der Waals surface area contributed by atoms with Gasteiger partial charge in [0.25, 0.3) is 0 Å². The van der Waals surface area contributed by atoms with E-state index in [2.05, 4.69) is 21.0 Å². The van der Waals surface area contributed by atoms with Crippen molar-refractivity contribution in [1.82, 2.24) is 9.78 Å². The molecule has 2 rings (SSSR count).